The molecule has 0 rings (SSSR count). The van der Waals surface area contributed by atoms with Gasteiger partial charge < -0.3 is 4.74 Å². The number of hydrogen-bond acceptors (Lipinski definition) is 1. The van der Waals surface area contributed by atoms with Crippen molar-refractivity contribution in [3.8, 4) is 0 Å². The van der Waals surface area contributed by atoms with Crippen LogP contribution < -0.4 is 0 Å². The predicted octanol–water partition coefficient (Wildman–Crippen LogP) is 4.37. The van der Waals surface area contributed by atoms with Gasteiger partial charge in [0.25, 0.3) is 0 Å². The molecule has 0 aliphatic carbocycles. The minimum Gasteiger partial charge on any atom is -0.381 e. The number of rotatable bonds is 11. The fourth-order valence-electron chi connectivity index (χ4n) is 1.44. The maximum atomic E-state index is 5.49. The molecule has 0 fully saturated rings. The van der Waals surface area contributed by atoms with E-state index in [0.29, 0.717) is 0 Å². The molecule has 0 bridgehead atoms. The molecule has 0 aromatic carbocycles. The summed E-state index contributed by atoms with van der Waals surface area (Å²) in [6.07, 6.45) is 11.5. The van der Waals surface area contributed by atoms with E-state index in [2.05, 4.69) is 13.8 Å². The number of ether oxygens (including phenoxy) is 1. The summed E-state index contributed by atoms with van der Waals surface area (Å²) in [6.45, 7) is 7.97. The van der Waals surface area contributed by atoms with Crippen LogP contribution in [0, 0.1) is 6.92 Å². The van der Waals surface area contributed by atoms with E-state index in [1.165, 1.54) is 51.4 Å². The van der Waals surface area contributed by atoms with Gasteiger partial charge in [-0.05, 0) is 12.8 Å². The molecule has 0 saturated heterocycles. The van der Waals surface area contributed by atoms with E-state index in [1.54, 1.807) is 0 Å². The topological polar surface area (TPSA) is 9.23 Å². The third-order valence-corrected chi connectivity index (χ3v) is 2.43. The summed E-state index contributed by atoms with van der Waals surface area (Å²) in [7, 11) is 0. The maximum Gasteiger partial charge on any atom is 0.0466 e. The van der Waals surface area contributed by atoms with Crippen LogP contribution in [0.2, 0.25) is 0 Å². The molecule has 0 aliphatic heterocycles. The van der Waals surface area contributed by atoms with Crippen molar-refractivity contribution in [1.29, 1.82) is 0 Å². The zero-order chi connectivity index (χ0) is 10.5. The van der Waals surface area contributed by atoms with Gasteiger partial charge in [0.05, 0.1) is 0 Å². The summed E-state index contributed by atoms with van der Waals surface area (Å²) in [6, 6.07) is 0. The van der Waals surface area contributed by atoms with Crippen LogP contribution in [0.4, 0.5) is 0 Å². The molecule has 0 N–H and O–H groups in total. The van der Waals surface area contributed by atoms with Crippen LogP contribution in [0.25, 0.3) is 0 Å². The third-order valence-electron chi connectivity index (χ3n) is 2.43. The molecule has 0 heterocycles. The molecule has 0 aromatic heterocycles. The highest BCUT2D eigenvalue weighted by molar-refractivity contribution is 4.46. The molecule has 0 aromatic rings. The van der Waals surface area contributed by atoms with E-state index >= 15 is 0 Å². The Morgan fingerprint density at radius 3 is 2.00 bits per heavy atom. The lowest BCUT2D eigenvalue weighted by Gasteiger charge is -2.03. The average Bonchev–Trinajstić information content (AvgIpc) is 2.21. The van der Waals surface area contributed by atoms with Gasteiger partial charge in [0.15, 0.2) is 0 Å². The van der Waals surface area contributed by atoms with Crippen molar-refractivity contribution in [2.75, 3.05) is 13.2 Å². The van der Waals surface area contributed by atoms with E-state index in [0.717, 1.165) is 19.6 Å². The average molecular weight is 199 g/mol. The lowest BCUT2D eigenvalue weighted by Crippen LogP contribution is -1.96. The molecule has 0 spiro atoms. The molecule has 0 saturated carbocycles. The SMILES string of the molecule is [CH2]CCCCCCCCOCCCC. The standard InChI is InChI=1S/C13H27O/c1-3-5-7-8-9-10-11-13-14-12-6-4-2/h1,3-13H2,2H3. The molecule has 0 amide bonds. The Bertz CT molecular complexity index is 79.2. The number of hydrogen-bond donors (Lipinski definition) is 0. The van der Waals surface area contributed by atoms with E-state index in [-0.39, 0.29) is 0 Å². The highest BCUT2D eigenvalue weighted by Gasteiger charge is 1.91. The summed E-state index contributed by atoms with van der Waals surface area (Å²) < 4.78 is 5.49. The fraction of sp³-hybridized carbons (Fsp3) is 0.923. The van der Waals surface area contributed by atoms with E-state index in [9.17, 15) is 0 Å². The van der Waals surface area contributed by atoms with Gasteiger partial charge in [-0.1, -0.05) is 58.8 Å². The Morgan fingerprint density at radius 1 is 0.786 bits per heavy atom. The first kappa shape index (κ1) is 14.0. The highest BCUT2D eigenvalue weighted by Crippen LogP contribution is 2.06. The second-order valence-electron chi connectivity index (χ2n) is 3.94. The molecular weight excluding hydrogens is 172 g/mol. The predicted molar refractivity (Wildman–Crippen MR) is 63.4 cm³/mol. The van der Waals surface area contributed by atoms with Crippen LogP contribution >= 0.6 is 0 Å². The molecule has 1 heteroatoms. The van der Waals surface area contributed by atoms with E-state index < -0.39 is 0 Å². The van der Waals surface area contributed by atoms with Gasteiger partial charge in [-0.2, -0.15) is 0 Å². The summed E-state index contributed by atoms with van der Waals surface area (Å²) in [4.78, 5) is 0. The van der Waals surface area contributed by atoms with Crippen LogP contribution in [0.15, 0.2) is 0 Å². The summed E-state index contributed by atoms with van der Waals surface area (Å²) in [5, 5.41) is 0. The van der Waals surface area contributed by atoms with Crippen molar-refractivity contribution < 1.29 is 4.74 Å². The summed E-state index contributed by atoms with van der Waals surface area (Å²) >= 11 is 0. The third kappa shape index (κ3) is 12.0. The van der Waals surface area contributed by atoms with E-state index in [4.69, 9.17) is 4.74 Å². The molecule has 14 heavy (non-hydrogen) atoms. The molecule has 85 valence electrons. The molecule has 1 radical (unpaired) electrons. The second-order valence-corrected chi connectivity index (χ2v) is 3.94. The van der Waals surface area contributed by atoms with Gasteiger partial charge in [0, 0.05) is 13.2 Å². The van der Waals surface area contributed by atoms with Crippen LogP contribution in [0.5, 0.6) is 0 Å². The van der Waals surface area contributed by atoms with Gasteiger partial charge in [0.2, 0.25) is 0 Å². The van der Waals surface area contributed by atoms with Gasteiger partial charge in [-0.15, -0.1) is 0 Å². The fourth-order valence-corrected chi connectivity index (χ4v) is 1.44. The lowest BCUT2D eigenvalue weighted by atomic mass is 10.1. The number of unbranched alkanes of at least 4 members (excludes halogenated alkanes) is 7. The van der Waals surface area contributed by atoms with Crippen molar-refractivity contribution in [2.45, 2.75) is 64.7 Å². The Hall–Kier alpha value is -0.0400. The Kier molecular flexibility index (Phi) is 12.9. The molecule has 0 aliphatic rings. The lowest BCUT2D eigenvalue weighted by molar-refractivity contribution is 0.127. The molecular formula is C13H27O. The Labute approximate surface area is 90.2 Å². The Balaban J connectivity index is 2.78. The molecule has 0 unspecified atom stereocenters. The largest absolute Gasteiger partial charge is 0.381 e. The van der Waals surface area contributed by atoms with Gasteiger partial charge in [-0.3, -0.25) is 0 Å². The minimum atomic E-state index is 0.956. The Morgan fingerprint density at radius 2 is 1.36 bits per heavy atom. The van der Waals surface area contributed by atoms with Gasteiger partial charge in [0.1, 0.15) is 0 Å². The molecule has 1 nitrogen and oxygen atoms in total. The van der Waals surface area contributed by atoms with Crippen molar-refractivity contribution >= 4 is 0 Å². The van der Waals surface area contributed by atoms with E-state index in [1.807, 2.05) is 0 Å². The van der Waals surface area contributed by atoms with Gasteiger partial charge >= 0.3 is 0 Å². The normalized spacial score (nSPS) is 10.7. The van der Waals surface area contributed by atoms with Gasteiger partial charge in [-0.25, -0.2) is 0 Å². The van der Waals surface area contributed by atoms with Crippen molar-refractivity contribution in [1.82, 2.24) is 0 Å². The van der Waals surface area contributed by atoms with Crippen LogP contribution in [-0.4, -0.2) is 13.2 Å². The van der Waals surface area contributed by atoms with Crippen LogP contribution in [-0.2, 0) is 4.74 Å². The first-order chi connectivity index (χ1) is 6.91. The first-order valence-corrected chi connectivity index (χ1v) is 6.28. The quantitative estimate of drug-likeness (QED) is 0.449. The van der Waals surface area contributed by atoms with Crippen molar-refractivity contribution in [2.24, 2.45) is 0 Å². The zero-order valence-corrected chi connectivity index (χ0v) is 9.89. The smallest absolute Gasteiger partial charge is 0.0466 e. The molecule has 0 atom stereocenters. The zero-order valence-electron chi connectivity index (χ0n) is 9.89. The first-order valence-electron chi connectivity index (χ1n) is 6.28. The summed E-state index contributed by atoms with van der Waals surface area (Å²) in [5.74, 6) is 0. The van der Waals surface area contributed by atoms with Crippen LogP contribution in [0.3, 0.4) is 0 Å². The van der Waals surface area contributed by atoms with Crippen molar-refractivity contribution in [3.63, 3.8) is 0 Å². The minimum absolute atomic E-state index is 0.956. The van der Waals surface area contributed by atoms with Crippen molar-refractivity contribution in [3.05, 3.63) is 6.92 Å². The summed E-state index contributed by atoms with van der Waals surface area (Å²) in [5.41, 5.74) is 0. The maximum absolute atomic E-state index is 5.49. The monoisotopic (exact) mass is 199 g/mol. The van der Waals surface area contributed by atoms with Crippen LogP contribution in [0.1, 0.15) is 64.7 Å². The second kappa shape index (κ2) is 13.0. The highest BCUT2D eigenvalue weighted by atomic mass is 16.5.